The van der Waals surface area contributed by atoms with E-state index in [1.165, 1.54) is 41.0 Å². The summed E-state index contributed by atoms with van der Waals surface area (Å²) >= 11 is 2.00. The van der Waals surface area contributed by atoms with Gasteiger partial charge in [-0.05, 0) is 97.9 Å². The third kappa shape index (κ3) is 5.81. The van der Waals surface area contributed by atoms with Crippen LogP contribution < -0.4 is 0 Å². The first kappa shape index (κ1) is 24.5. The number of furan rings is 1. The minimum atomic E-state index is -0.121. The van der Waals surface area contributed by atoms with E-state index in [1.54, 1.807) is 0 Å². The highest BCUT2D eigenvalue weighted by Gasteiger charge is 2.34. The topological polar surface area (TPSA) is 39.4 Å². The number of aryl methyl sites for hydroxylation is 2. The zero-order valence-corrected chi connectivity index (χ0v) is 20.8. The number of thioether (sulfide) groups is 1. The molecule has 0 N–H and O–H groups in total. The molecule has 1 aliphatic heterocycles. The number of carbonyl (C=O) groups excluding carboxylic acids is 1. The van der Waals surface area contributed by atoms with Gasteiger partial charge in [0, 0.05) is 23.3 Å². The van der Waals surface area contributed by atoms with Crippen molar-refractivity contribution < 1.29 is 13.9 Å². The zero-order valence-electron chi connectivity index (χ0n) is 20.0. The Morgan fingerprint density at radius 1 is 1.12 bits per heavy atom. The van der Waals surface area contributed by atoms with Gasteiger partial charge in [0.1, 0.15) is 5.76 Å². The van der Waals surface area contributed by atoms with Gasteiger partial charge in [0.05, 0.1) is 6.61 Å². The number of hydrogen-bond donors (Lipinski definition) is 0. The van der Waals surface area contributed by atoms with Crippen molar-refractivity contribution in [1.29, 1.82) is 0 Å². The smallest absolute Gasteiger partial charge is 0.305 e. The minimum absolute atomic E-state index is 0.121. The molecule has 4 heteroatoms. The lowest BCUT2D eigenvalue weighted by molar-refractivity contribution is -0.143. The fraction of sp³-hybridized carbons (Fsp3) is 0.536. The summed E-state index contributed by atoms with van der Waals surface area (Å²) in [6, 6.07) is 8.69. The number of hydrogen-bond acceptors (Lipinski definition) is 4. The van der Waals surface area contributed by atoms with Crippen molar-refractivity contribution in [2.45, 2.75) is 89.4 Å². The second kappa shape index (κ2) is 11.7. The van der Waals surface area contributed by atoms with Crippen LogP contribution in [0.3, 0.4) is 0 Å². The molecule has 32 heavy (non-hydrogen) atoms. The van der Waals surface area contributed by atoms with Crippen molar-refractivity contribution in [3.8, 4) is 11.8 Å². The number of fused-ring (bicyclic) bond motifs is 1. The molecule has 0 atom stereocenters. The lowest BCUT2D eigenvalue weighted by Crippen LogP contribution is -2.29. The number of esters is 1. The number of benzene rings is 1. The van der Waals surface area contributed by atoms with Gasteiger partial charge in [0.2, 0.25) is 0 Å². The van der Waals surface area contributed by atoms with Crippen LogP contribution in [0.25, 0.3) is 0 Å². The molecule has 3 nitrogen and oxygen atoms in total. The van der Waals surface area contributed by atoms with E-state index in [2.05, 4.69) is 44.7 Å². The molecule has 0 radical (unpaired) electrons. The van der Waals surface area contributed by atoms with Crippen LogP contribution in [0.5, 0.6) is 0 Å². The van der Waals surface area contributed by atoms with Gasteiger partial charge >= 0.3 is 5.97 Å². The van der Waals surface area contributed by atoms with Crippen LogP contribution in [-0.2, 0) is 27.8 Å². The van der Waals surface area contributed by atoms with Crippen molar-refractivity contribution in [3.05, 3.63) is 52.5 Å². The summed E-state index contributed by atoms with van der Waals surface area (Å²) in [7, 11) is 0. The van der Waals surface area contributed by atoms with Crippen molar-refractivity contribution in [1.82, 2.24) is 0 Å². The first-order valence-electron chi connectivity index (χ1n) is 12.1. The first-order chi connectivity index (χ1) is 15.5. The predicted molar refractivity (Wildman–Crippen MR) is 132 cm³/mol. The average molecular weight is 453 g/mol. The monoisotopic (exact) mass is 452 g/mol. The van der Waals surface area contributed by atoms with E-state index in [9.17, 15) is 4.79 Å². The predicted octanol–water partition coefficient (Wildman–Crippen LogP) is 7.07. The first-order valence-corrected chi connectivity index (χ1v) is 13.1. The molecule has 0 amide bonds. The van der Waals surface area contributed by atoms with Crippen LogP contribution in [0, 0.1) is 11.8 Å². The van der Waals surface area contributed by atoms with E-state index in [0.29, 0.717) is 18.8 Å². The summed E-state index contributed by atoms with van der Waals surface area (Å²) in [5.41, 5.74) is 4.22. The molecule has 2 heterocycles. The number of unbranched alkanes of at least 4 members (excludes halogenated alkanes) is 1. The quantitative estimate of drug-likeness (QED) is 0.232. The van der Waals surface area contributed by atoms with Crippen LogP contribution in [0.1, 0.15) is 94.4 Å². The Balaban J connectivity index is 1.72. The summed E-state index contributed by atoms with van der Waals surface area (Å²) in [6.45, 7) is 9.12. The van der Waals surface area contributed by atoms with Crippen molar-refractivity contribution in [2.24, 2.45) is 0 Å². The van der Waals surface area contributed by atoms with Gasteiger partial charge < -0.3 is 9.15 Å². The molecule has 0 aliphatic carbocycles. The van der Waals surface area contributed by atoms with Gasteiger partial charge in [-0.1, -0.05) is 26.7 Å². The van der Waals surface area contributed by atoms with Crippen LogP contribution in [0.15, 0.2) is 33.6 Å². The molecule has 0 saturated carbocycles. The molecular weight excluding hydrogens is 416 g/mol. The molecule has 0 unspecified atom stereocenters. The summed E-state index contributed by atoms with van der Waals surface area (Å²) < 4.78 is 10.9. The van der Waals surface area contributed by atoms with Gasteiger partial charge in [0.15, 0.2) is 5.76 Å². The van der Waals surface area contributed by atoms with Crippen LogP contribution in [0.2, 0.25) is 0 Å². The zero-order chi connectivity index (χ0) is 23.0. The Bertz CT molecular complexity index is 972. The molecule has 0 fully saturated rings. The summed E-state index contributed by atoms with van der Waals surface area (Å²) in [6.07, 6.45) is 7.56. The Hall–Kier alpha value is -2.12. The van der Waals surface area contributed by atoms with Crippen molar-refractivity contribution in [3.63, 3.8) is 0 Å². The van der Waals surface area contributed by atoms with Crippen molar-refractivity contribution in [2.75, 3.05) is 12.4 Å². The maximum atomic E-state index is 11.4. The third-order valence-electron chi connectivity index (χ3n) is 6.69. The summed E-state index contributed by atoms with van der Waals surface area (Å²) in [4.78, 5) is 12.9. The summed E-state index contributed by atoms with van der Waals surface area (Å²) in [5.74, 6) is 9.38. The second-order valence-electron chi connectivity index (χ2n) is 8.47. The Morgan fingerprint density at radius 2 is 1.94 bits per heavy atom. The summed E-state index contributed by atoms with van der Waals surface area (Å²) in [5, 5.41) is 0. The van der Waals surface area contributed by atoms with Gasteiger partial charge in [-0.2, -0.15) is 0 Å². The molecule has 2 aromatic rings. The van der Waals surface area contributed by atoms with Gasteiger partial charge in [0.25, 0.3) is 0 Å². The molecule has 1 aromatic heterocycles. The molecule has 3 rings (SSSR count). The van der Waals surface area contributed by atoms with E-state index in [-0.39, 0.29) is 11.4 Å². The lowest BCUT2D eigenvalue weighted by atomic mass is 9.72. The highest BCUT2D eigenvalue weighted by Crippen LogP contribution is 2.46. The molecule has 0 spiro atoms. The van der Waals surface area contributed by atoms with Crippen LogP contribution >= 0.6 is 11.8 Å². The number of ether oxygens (including phenoxy) is 1. The standard InChI is InChI=1S/C28H36O3S/c1-5-21-20-26-25(28(6-2,7-3)17-18-32-26)19-22(21)13-14-24-16-15-23(31-24)11-9-10-12-27(29)30-8-4/h15-16,19-20H,5-12,17-18H2,1-4H3. The van der Waals surface area contributed by atoms with Gasteiger partial charge in [-0.25, -0.2) is 0 Å². The molecular formula is C28H36O3S. The molecule has 0 bridgehead atoms. The van der Waals surface area contributed by atoms with Crippen molar-refractivity contribution >= 4 is 17.7 Å². The van der Waals surface area contributed by atoms with E-state index in [0.717, 1.165) is 37.0 Å². The van der Waals surface area contributed by atoms with E-state index >= 15 is 0 Å². The highest BCUT2D eigenvalue weighted by molar-refractivity contribution is 7.99. The maximum absolute atomic E-state index is 11.4. The molecule has 1 aromatic carbocycles. The van der Waals surface area contributed by atoms with Crippen LogP contribution in [-0.4, -0.2) is 18.3 Å². The Labute approximate surface area is 197 Å². The van der Waals surface area contributed by atoms with Gasteiger partial charge in [-0.15, -0.1) is 11.8 Å². The second-order valence-corrected chi connectivity index (χ2v) is 9.61. The van der Waals surface area contributed by atoms with Crippen LogP contribution in [0.4, 0.5) is 0 Å². The largest absolute Gasteiger partial charge is 0.466 e. The number of carbonyl (C=O) groups is 1. The lowest BCUT2D eigenvalue weighted by Gasteiger charge is -2.38. The fourth-order valence-corrected chi connectivity index (χ4v) is 5.92. The highest BCUT2D eigenvalue weighted by atomic mass is 32.2. The van der Waals surface area contributed by atoms with E-state index in [1.807, 2.05) is 30.8 Å². The Kier molecular flexibility index (Phi) is 8.93. The van der Waals surface area contributed by atoms with Gasteiger partial charge in [-0.3, -0.25) is 4.79 Å². The fourth-order valence-electron chi connectivity index (χ4n) is 4.55. The maximum Gasteiger partial charge on any atom is 0.305 e. The number of rotatable bonds is 9. The average Bonchev–Trinajstić information content (AvgIpc) is 3.27. The van der Waals surface area contributed by atoms with E-state index < -0.39 is 0 Å². The SMILES string of the molecule is CCOC(=O)CCCCc1ccc(C#Cc2cc3c(cc2CC)SCCC3(CC)CC)o1. The molecule has 0 saturated heterocycles. The minimum Gasteiger partial charge on any atom is -0.466 e. The molecule has 1 aliphatic rings. The van der Waals surface area contributed by atoms with E-state index in [4.69, 9.17) is 9.15 Å². The molecule has 172 valence electrons. The third-order valence-corrected chi connectivity index (χ3v) is 7.75. The normalized spacial score (nSPS) is 14.4. The Morgan fingerprint density at radius 3 is 2.66 bits per heavy atom.